The van der Waals surface area contributed by atoms with Gasteiger partial charge in [0, 0.05) is 25.7 Å². The van der Waals surface area contributed by atoms with E-state index in [0.29, 0.717) is 37.5 Å². The highest BCUT2D eigenvalue weighted by Crippen LogP contribution is 2.45. The fraction of sp³-hybridized carbons (Fsp3) is 0.938. The Morgan fingerprint density at radius 3 is 0.855 bits per heavy atom. The van der Waals surface area contributed by atoms with Crippen molar-refractivity contribution < 1.29 is 80.2 Å². The maximum atomic E-state index is 13.0. The Kier molecular flexibility index (Phi) is 53.0. The van der Waals surface area contributed by atoms with Crippen molar-refractivity contribution in [3.63, 3.8) is 0 Å². The quantitative estimate of drug-likeness (QED) is 0.0222. The van der Waals surface area contributed by atoms with Crippen molar-refractivity contribution in [1.82, 2.24) is 0 Å². The molecule has 0 fully saturated rings. The molecule has 0 aliphatic heterocycles. The van der Waals surface area contributed by atoms with Crippen molar-refractivity contribution in [2.24, 2.45) is 23.7 Å². The zero-order valence-electron chi connectivity index (χ0n) is 53.8. The number of esters is 4. The standard InChI is InChI=1S/C64H124O17P2/c1-9-57(8)43-35-27-21-23-29-37-45-62(67)75-51-59(80-63(68)46-38-30-18-14-12-10-11-13-16-24-32-40-54(2)3)52-78-82(70,71)76-48-58(65)49-77-83(72,73)79-53-60(81-64(69)47-39-31-22-20-26-34-42-56(6)7)50-74-61(66)44-36-28-19-15-17-25-33-41-55(4)5/h54-60,65H,9-53H2,1-8H3,(H,70,71)(H,72,73)/t57?,58-,59+,60+/m0/s1. The van der Waals surface area contributed by atoms with Crippen molar-refractivity contribution in [3.8, 4) is 0 Å². The molecule has 0 aromatic carbocycles. The van der Waals surface area contributed by atoms with Gasteiger partial charge in [0.05, 0.1) is 26.4 Å². The van der Waals surface area contributed by atoms with Gasteiger partial charge in [-0.05, 0) is 49.4 Å². The number of phosphoric ester groups is 2. The minimum Gasteiger partial charge on any atom is -0.462 e. The lowest BCUT2D eigenvalue weighted by atomic mass is 10.00. The third kappa shape index (κ3) is 57.6. The number of aliphatic hydroxyl groups excluding tert-OH is 1. The summed E-state index contributed by atoms with van der Waals surface area (Å²) in [5, 5.41) is 10.5. The molecular weight excluding hydrogens is 1100 g/mol. The van der Waals surface area contributed by atoms with Crippen molar-refractivity contribution in [3.05, 3.63) is 0 Å². The van der Waals surface area contributed by atoms with Gasteiger partial charge >= 0.3 is 39.5 Å². The van der Waals surface area contributed by atoms with Gasteiger partial charge < -0.3 is 33.8 Å². The van der Waals surface area contributed by atoms with E-state index < -0.39 is 97.5 Å². The first kappa shape index (κ1) is 81.1. The topological polar surface area (TPSA) is 237 Å². The van der Waals surface area contributed by atoms with Crippen LogP contribution in [0.4, 0.5) is 0 Å². The average Bonchev–Trinajstić information content (AvgIpc) is 3.47. The Hall–Kier alpha value is -1.94. The summed E-state index contributed by atoms with van der Waals surface area (Å²) in [5.74, 6) is 0.727. The number of hydrogen-bond donors (Lipinski definition) is 3. The molecule has 0 aliphatic rings. The van der Waals surface area contributed by atoms with Crippen LogP contribution in [0.1, 0.15) is 306 Å². The van der Waals surface area contributed by atoms with E-state index in [4.69, 9.17) is 37.0 Å². The molecule has 0 amide bonds. The van der Waals surface area contributed by atoms with E-state index in [1.165, 1.54) is 96.3 Å². The Bertz CT molecular complexity index is 1660. The third-order valence-corrected chi connectivity index (χ3v) is 16.8. The molecule has 0 spiro atoms. The second-order valence-electron chi connectivity index (χ2n) is 24.8. The van der Waals surface area contributed by atoms with Gasteiger partial charge in [0.2, 0.25) is 0 Å². The van der Waals surface area contributed by atoms with Crippen LogP contribution in [0.5, 0.6) is 0 Å². The fourth-order valence-corrected chi connectivity index (χ4v) is 11.0. The molecule has 17 nitrogen and oxygen atoms in total. The smallest absolute Gasteiger partial charge is 0.462 e. The Balaban J connectivity index is 5.24. The van der Waals surface area contributed by atoms with Gasteiger partial charge in [0.15, 0.2) is 12.2 Å². The van der Waals surface area contributed by atoms with Crippen LogP contribution in [0.25, 0.3) is 0 Å². The molecule has 0 rings (SSSR count). The summed E-state index contributed by atoms with van der Waals surface area (Å²) >= 11 is 0. The fourth-order valence-electron chi connectivity index (χ4n) is 9.40. The Morgan fingerprint density at radius 1 is 0.337 bits per heavy atom. The zero-order valence-corrected chi connectivity index (χ0v) is 55.6. The molecule has 3 unspecified atom stereocenters. The number of hydrogen-bond acceptors (Lipinski definition) is 15. The summed E-state index contributed by atoms with van der Waals surface area (Å²) in [6.07, 6.45) is 33.7. The Morgan fingerprint density at radius 2 is 0.578 bits per heavy atom. The van der Waals surface area contributed by atoms with E-state index >= 15 is 0 Å². The highest BCUT2D eigenvalue weighted by Gasteiger charge is 2.30. The van der Waals surface area contributed by atoms with E-state index in [-0.39, 0.29) is 25.7 Å². The van der Waals surface area contributed by atoms with Crippen LogP contribution in [0, 0.1) is 23.7 Å². The van der Waals surface area contributed by atoms with E-state index in [1.54, 1.807) is 0 Å². The van der Waals surface area contributed by atoms with Gasteiger partial charge in [-0.2, -0.15) is 0 Å². The summed E-state index contributed by atoms with van der Waals surface area (Å²) in [4.78, 5) is 72.2. The number of aliphatic hydroxyl groups is 1. The van der Waals surface area contributed by atoms with Crippen molar-refractivity contribution in [2.45, 2.75) is 324 Å². The molecule has 3 N–H and O–H groups in total. The van der Waals surface area contributed by atoms with Gasteiger partial charge in [0.25, 0.3) is 0 Å². The highest BCUT2D eigenvalue weighted by atomic mass is 31.2. The number of ether oxygens (including phenoxy) is 4. The van der Waals surface area contributed by atoms with E-state index in [1.807, 2.05) is 0 Å². The summed E-state index contributed by atoms with van der Waals surface area (Å²) in [7, 11) is -9.89. The lowest BCUT2D eigenvalue weighted by molar-refractivity contribution is -0.161. The molecule has 19 heteroatoms. The van der Waals surface area contributed by atoms with E-state index in [0.717, 1.165) is 115 Å². The van der Waals surface area contributed by atoms with Gasteiger partial charge in [0.1, 0.15) is 19.3 Å². The Labute approximate surface area is 505 Å². The van der Waals surface area contributed by atoms with Crippen molar-refractivity contribution in [2.75, 3.05) is 39.6 Å². The highest BCUT2D eigenvalue weighted by molar-refractivity contribution is 7.47. The average molecular weight is 1230 g/mol. The lowest BCUT2D eigenvalue weighted by Crippen LogP contribution is -2.30. The number of unbranched alkanes of at least 4 members (excludes halogenated alkanes) is 26. The maximum absolute atomic E-state index is 13.0. The van der Waals surface area contributed by atoms with Crippen LogP contribution in [-0.4, -0.2) is 96.7 Å². The number of rotatable bonds is 61. The van der Waals surface area contributed by atoms with Crippen molar-refractivity contribution in [1.29, 1.82) is 0 Å². The first-order valence-corrected chi connectivity index (χ1v) is 36.2. The normalized spacial score (nSPS) is 14.8. The predicted molar refractivity (Wildman–Crippen MR) is 331 cm³/mol. The molecule has 492 valence electrons. The molecule has 83 heavy (non-hydrogen) atoms. The van der Waals surface area contributed by atoms with Gasteiger partial charge in [-0.3, -0.25) is 37.3 Å². The van der Waals surface area contributed by atoms with Gasteiger partial charge in [-0.25, -0.2) is 9.13 Å². The first-order chi connectivity index (χ1) is 39.6. The van der Waals surface area contributed by atoms with E-state index in [2.05, 4.69) is 55.4 Å². The molecule has 0 aliphatic carbocycles. The van der Waals surface area contributed by atoms with Crippen LogP contribution in [-0.2, 0) is 65.4 Å². The number of carbonyl (C=O) groups excluding carboxylic acids is 4. The van der Waals surface area contributed by atoms with Gasteiger partial charge in [-0.1, -0.05) is 254 Å². The molecular formula is C64H124O17P2. The second-order valence-corrected chi connectivity index (χ2v) is 27.7. The summed E-state index contributed by atoms with van der Waals surface area (Å²) < 4.78 is 67.9. The predicted octanol–water partition coefficient (Wildman–Crippen LogP) is 17.4. The molecule has 0 bridgehead atoms. The SMILES string of the molecule is CCC(C)CCCCCCCCC(=O)OC[C@H](COP(=O)(O)OC[C@H](O)COP(=O)(O)OC[C@@H](COC(=O)CCCCCCCCCC(C)C)OC(=O)CCCCCCCCC(C)C)OC(=O)CCCCCCCCCCCCCC(C)C. The zero-order chi connectivity index (χ0) is 61.8. The number of phosphoric acid groups is 2. The van der Waals surface area contributed by atoms with E-state index in [9.17, 15) is 43.2 Å². The van der Waals surface area contributed by atoms with Crippen LogP contribution < -0.4 is 0 Å². The van der Waals surface area contributed by atoms with Gasteiger partial charge in [-0.15, -0.1) is 0 Å². The molecule has 0 saturated carbocycles. The third-order valence-electron chi connectivity index (χ3n) is 14.9. The molecule has 0 radical (unpaired) electrons. The molecule has 0 aromatic rings. The van der Waals surface area contributed by atoms with Crippen LogP contribution in [0.15, 0.2) is 0 Å². The van der Waals surface area contributed by atoms with Crippen LogP contribution >= 0.6 is 15.6 Å². The molecule has 0 aromatic heterocycles. The maximum Gasteiger partial charge on any atom is 0.472 e. The molecule has 6 atom stereocenters. The minimum absolute atomic E-state index is 0.101. The summed E-state index contributed by atoms with van der Waals surface area (Å²) in [5.41, 5.74) is 0. The van der Waals surface area contributed by atoms with Crippen molar-refractivity contribution >= 4 is 39.5 Å². The summed E-state index contributed by atoms with van der Waals surface area (Å²) in [6, 6.07) is 0. The minimum atomic E-state index is -4.95. The molecule has 0 saturated heterocycles. The van der Waals surface area contributed by atoms with Crippen LogP contribution in [0.3, 0.4) is 0 Å². The van der Waals surface area contributed by atoms with Crippen LogP contribution in [0.2, 0.25) is 0 Å². The first-order valence-electron chi connectivity index (χ1n) is 33.2. The largest absolute Gasteiger partial charge is 0.472 e. The number of carbonyl (C=O) groups is 4. The molecule has 0 heterocycles. The second kappa shape index (κ2) is 54.2. The monoisotopic (exact) mass is 1230 g/mol. The lowest BCUT2D eigenvalue weighted by Gasteiger charge is -2.21. The summed E-state index contributed by atoms with van der Waals surface area (Å²) in [6.45, 7) is 13.9.